The van der Waals surface area contributed by atoms with Crippen LogP contribution in [0.2, 0.25) is 0 Å². The Balaban J connectivity index is 2.25. The average molecular weight is 225 g/mol. The lowest BCUT2D eigenvalue weighted by molar-refractivity contribution is -0.128. The van der Waals surface area contributed by atoms with Crippen molar-refractivity contribution in [2.24, 2.45) is 0 Å². The smallest absolute Gasteiger partial charge is 0.133 e. The first-order chi connectivity index (χ1) is 7.23. The van der Waals surface area contributed by atoms with E-state index >= 15 is 0 Å². The van der Waals surface area contributed by atoms with Crippen molar-refractivity contribution < 1.29 is 9.53 Å². The second kappa shape index (κ2) is 4.43. The van der Waals surface area contributed by atoms with Crippen molar-refractivity contribution >= 4 is 17.1 Å². The lowest BCUT2D eigenvalue weighted by atomic mass is 9.94. The Morgan fingerprint density at radius 2 is 2.60 bits per heavy atom. The number of ether oxygens (including phenoxy) is 1. The minimum Gasteiger partial charge on any atom is -0.366 e. The lowest BCUT2D eigenvalue weighted by Crippen LogP contribution is -2.48. The Kier molecular flexibility index (Phi) is 3.19. The quantitative estimate of drug-likeness (QED) is 0.848. The SMILES string of the molecule is CC(=O)CC1(c2cccs2)CNCCO1. The van der Waals surface area contributed by atoms with Crippen molar-refractivity contribution in [3.8, 4) is 0 Å². The molecule has 0 amide bonds. The molecule has 3 nitrogen and oxygen atoms in total. The van der Waals surface area contributed by atoms with Crippen molar-refractivity contribution in [2.75, 3.05) is 19.7 Å². The third kappa shape index (κ3) is 2.27. The lowest BCUT2D eigenvalue weighted by Gasteiger charge is -2.36. The van der Waals surface area contributed by atoms with E-state index in [-0.39, 0.29) is 5.78 Å². The number of nitrogens with one attached hydrogen (secondary N) is 1. The molecular formula is C11H15NO2S. The number of Topliss-reactive ketones (excluding diaryl/α,β-unsaturated/α-hetero) is 1. The van der Waals surface area contributed by atoms with Crippen LogP contribution in [0.3, 0.4) is 0 Å². The molecule has 1 atom stereocenters. The first-order valence-corrected chi connectivity index (χ1v) is 5.99. The minimum atomic E-state index is -0.418. The number of carbonyl (C=O) groups is 1. The number of hydrogen-bond donors (Lipinski definition) is 1. The van der Waals surface area contributed by atoms with E-state index in [1.165, 1.54) is 0 Å². The molecule has 15 heavy (non-hydrogen) atoms. The summed E-state index contributed by atoms with van der Waals surface area (Å²) in [6.07, 6.45) is 0.459. The first-order valence-electron chi connectivity index (χ1n) is 5.11. The highest BCUT2D eigenvalue weighted by Crippen LogP contribution is 2.34. The van der Waals surface area contributed by atoms with Crippen LogP contribution in [0.1, 0.15) is 18.2 Å². The van der Waals surface area contributed by atoms with Crippen LogP contribution < -0.4 is 5.32 Å². The van der Waals surface area contributed by atoms with Crippen LogP contribution in [0.25, 0.3) is 0 Å². The summed E-state index contributed by atoms with van der Waals surface area (Å²) >= 11 is 1.65. The average Bonchev–Trinajstić information content (AvgIpc) is 2.71. The molecule has 1 fully saturated rings. The van der Waals surface area contributed by atoms with Gasteiger partial charge in [0.05, 0.1) is 6.61 Å². The summed E-state index contributed by atoms with van der Waals surface area (Å²) in [7, 11) is 0. The predicted octanol–water partition coefficient (Wildman–Crippen LogP) is 1.54. The summed E-state index contributed by atoms with van der Waals surface area (Å²) in [5.41, 5.74) is -0.418. The van der Waals surface area contributed by atoms with Crippen LogP contribution in [0.15, 0.2) is 17.5 Å². The minimum absolute atomic E-state index is 0.173. The van der Waals surface area contributed by atoms with Gasteiger partial charge in [-0.25, -0.2) is 0 Å². The Labute approximate surface area is 93.4 Å². The topological polar surface area (TPSA) is 38.3 Å². The maximum atomic E-state index is 11.3. The van der Waals surface area contributed by atoms with Crippen molar-refractivity contribution in [2.45, 2.75) is 18.9 Å². The summed E-state index contributed by atoms with van der Waals surface area (Å²) in [6, 6.07) is 4.04. The first kappa shape index (κ1) is 10.8. The van der Waals surface area contributed by atoms with Gasteiger partial charge < -0.3 is 10.1 Å². The molecule has 2 rings (SSSR count). The fraction of sp³-hybridized carbons (Fsp3) is 0.545. The predicted molar refractivity (Wildman–Crippen MR) is 60.1 cm³/mol. The van der Waals surface area contributed by atoms with Crippen LogP contribution in [-0.4, -0.2) is 25.5 Å². The molecule has 0 spiro atoms. The molecule has 1 aliphatic heterocycles. The largest absolute Gasteiger partial charge is 0.366 e. The molecule has 0 bridgehead atoms. The maximum Gasteiger partial charge on any atom is 0.133 e. The third-order valence-corrected chi connectivity index (χ3v) is 3.63. The van der Waals surface area contributed by atoms with E-state index in [4.69, 9.17) is 4.74 Å². The van der Waals surface area contributed by atoms with Crippen molar-refractivity contribution in [1.82, 2.24) is 5.32 Å². The summed E-state index contributed by atoms with van der Waals surface area (Å²) < 4.78 is 5.85. The molecule has 4 heteroatoms. The van der Waals surface area contributed by atoms with E-state index in [9.17, 15) is 4.79 Å². The molecule has 0 saturated carbocycles. The van der Waals surface area contributed by atoms with Gasteiger partial charge in [0.15, 0.2) is 0 Å². The fourth-order valence-electron chi connectivity index (χ4n) is 1.96. The highest BCUT2D eigenvalue weighted by molar-refractivity contribution is 7.10. The molecule has 82 valence electrons. The van der Waals surface area contributed by atoms with Gasteiger partial charge in [-0.05, 0) is 18.4 Å². The number of ketones is 1. The van der Waals surface area contributed by atoms with E-state index in [2.05, 4.69) is 5.32 Å². The second-order valence-corrected chi connectivity index (χ2v) is 4.82. The monoisotopic (exact) mass is 225 g/mol. The van der Waals surface area contributed by atoms with Gasteiger partial charge in [0.25, 0.3) is 0 Å². The number of carbonyl (C=O) groups excluding carboxylic acids is 1. The molecule has 1 N–H and O–H groups in total. The van der Waals surface area contributed by atoms with E-state index in [0.717, 1.165) is 18.0 Å². The van der Waals surface area contributed by atoms with Crippen molar-refractivity contribution in [3.63, 3.8) is 0 Å². The molecule has 1 saturated heterocycles. The van der Waals surface area contributed by atoms with Gasteiger partial charge in [-0.1, -0.05) is 6.07 Å². The van der Waals surface area contributed by atoms with Gasteiger partial charge in [-0.2, -0.15) is 0 Å². The molecule has 1 aromatic rings. The van der Waals surface area contributed by atoms with E-state index in [1.54, 1.807) is 18.3 Å². The van der Waals surface area contributed by atoms with E-state index in [0.29, 0.717) is 13.0 Å². The maximum absolute atomic E-state index is 11.3. The van der Waals surface area contributed by atoms with Crippen LogP contribution >= 0.6 is 11.3 Å². The van der Waals surface area contributed by atoms with E-state index < -0.39 is 5.60 Å². The number of hydrogen-bond acceptors (Lipinski definition) is 4. The summed E-state index contributed by atoms with van der Waals surface area (Å²) in [6.45, 7) is 3.89. The molecule has 1 aromatic heterocycles. The number of thiophene rings is 1. The number of morpholine rings is 1. The van der Waals surface area contributed by atoms with Crippen molar-refractivity contribution in [3.05, 3.63) is 22.4 Å². The number of rotatable bonds is 3. The molecule has 1 unspecified atom stereocenters. The van der Waals surface area contributed by atoms with Gasteiger partial charge in [-0.3, -0.25) is 4.79 Å². The van der Waals surface area contributed by atoms with Crippen LogP contribution in [0.4, 0.5) is 0 Å². The zero-order chi connectivity index (χ0) is 10.7. The third-order valence-electron chi connectivity index (χ3n) is 2.57. The van der Waals surface area contributed by atoms with Gasteiger partial charge in [0, 0.05) is 24.4 Å². The Morgan fingerprint density at radius 1 is 1.73 bits per heavy atom. The van der Waals surface area contributed by atoms with Crippen LogP contribution in [0, 0.1) is 0 Å². The molecule has 2 heterocycles. The molecular weight excluding hydrogens is 210 g/mol. The molecule has 0 aromatic carbocycles. The standard InChI is InChI=1S/C11H15NO2S/c1-9(13)7-11(8-12-4-5-14-11)10-3-2-6-15-10/h2-3,6,12H,4-5,7-8H2,1H3. The zero-order valence-corrected chi connectivity index (χ0v) is 9.60. The fourth-order valence-corrected chi connectivity index (χ4v) is 2.84. The highest BCUT2D eigenvalue weighted by Gasteiger charge is 2.37. The molecule has 1 aliphatic rings. The summed E-state index contributed by atoms with van der Waals surface area (Å²) in [5, 5.41) is 5.32. The molecule has 0 radical (unpaired) electrons. The van der Waals surface area contributed by atoms with Gasteiger partial charge in [-0.15, -0.1) is 11.3 Å². The summed E-state index contributed by atoms with van der Waals surface area (Å²) in [5.74, 6) is 0.173. The Bertz CT molecular complexity index is 328. The van der Waals surface area contributed by atoms with Crippen LogP contribution in [-0.2, 0) is 15.1 Å². The van der Waals surface area contributed by atoms with Gasteiger partial charge in [0.2, 0.25) is 0 Å². The zero-order valence-electron chi connectivity index (χ0n) is 8.79. The van der Waals surface area contributed by atoms with E-state index in [1.807, 2.05) is 17.5 Å². The Morgan fingerprint density at radius 3 is 3.13 bits per heavy atom. The highest BCUT2D eigenvalue weighted by atomic mass is 32.1. The van der Waals surface area contributed by atoms with Crippen molar-refractivity contribution in [1.29, 1.82) is 0 Å². The molecule has 0 aliphatic carbocycles. The normalized spacial score (nSPS) is 26.5. The van der Waals surface area contributed by atoms with Crippen LogP contribution in [0.5, 0.6) is 0 Å². The van der Waals surface area contributed by atoms with Gasteiger partial charge >= 0.3 is 0 Å². The summed E-state index contributed by atoms with van der Waals surface area (Å²) in [4.78, 5) is 12.5. The van der Waals surface area contributed by atoms with Gasteiger partial charge in [0.1, 0.15) is 11.4 Å². The Hall–Kier alpha value is -0.710. The second-order valence-electron chi connectivity index (χ2n) is 3.88.